The quantitative estimate of drug-likeness (QED) is 0.905. The van der Waals surface area contributed by atoms with Crippen LogP contribution in [0.25, 0.3) is 0 Å². The van der Waals surface area contributed by atoms with Gasteiger partial charge in [0.25, 0.3) is 0 Å². The predicted octanol–water partition coefficient (Wildman–Crippen LogP) is 3.19. The van der Waals surface area contributed by atoms with Gasteiger partial charge < -0.3 is 10.1 Å². The summed E-state index contributed by atoms with van der Waals surface area (Å²) in [5.74, 6) is 1.25. The molecule has 0 saturated heterocycles. The van der Waals surface area contributed by atoms with E-state index >= 15 is 0 Å². The van der Waals surface area contributed by atoms with Crippen molar-refractivity contribution in [3.63, 3.8) is 0 Å². The van der Waals surface area contributed by atoms with Gasteiger partial charge in [-0.2, -0.15) is 0 Å². The van der Waals surface area contributed by atoms with Crippen molar-refractivity contribution in [1.82, 2.24) is 15.2 Å². The Morgan fingerprint density at radius 3 is 3.05 bits per heavy atom. The van der Waals surface area contributed by atoms with E-state index in [-0.39, 0.29) is 0 Å². The predicted molar refractivity (Wildman–Crippen MR) is 77.7 cm³/mol. The Bertz CT molecular complexity index is 585. The van der Waals surface area contributed by atoms with Crippen molar-refractivity contribution in [3.8, 4) is 5.88 Å². The van der Waals surface area contributed by atoms with Crippen LogP contribution in [0.15, 0.2) is 16.7 Å². The Balaban J connectivity index is 1.67. The van der Waals surface area contributed by atoms with Crippen LogP contribution in [0.1, 0.15) is 28.8 Å². The molecular weight excluding hydrogens is 328 g/mol. The fourth-order valence-corrected chi connectivity index (χ4v) is 2.98. The highest BCUT2D eigenvalue weighted by atomic mass is 79.9. The van der Waals surface area contributed by atoms with Crippen LogP contribution in [0, 0.1) is 0 Å². The second-order valence-electron chi connectivity index (χ2n) is 4.37. The number of ether oxygens (including phenoxy) is 1. The molecule has 0 unspecified atom stereocenters. The molecule has 7 heteroatoms. The maximum atomic E-state index is 5.11. The highest BCUT2D eigenvalue weighted by Gasteiger charge is 2.27. The first-order chi connectivity index (χ1) is 9.26. The fourth-order valence-electron chi connectivity index (χ4n) is 1.67. The molecule has 19 heavy (non-hydrogen) atoms. The van der Waals surface area contributed by atoms with Crippen molar-refractivity contribution in [1.29, 1.82) is 0 Å². The molecule has 2 heterocycles. The number of halogens is 1. The lowest BCUT2D eigenvalue weighted by Crippen LogP contribution is -2.01. The zero-order valence-corrected chi connectivity index (χ0v) is 12.8. The molecule has 3 rings (SSSR count). The number of hydrogen-bond donors (Lipinski definition) is 1. The smallest absolute Gasteiger partial charge is 0.215 e. The third kappa shape index (κ3) is 3.03. The van der Waals surface area contributed by atoms with Crippen LogP contribution in [0.3, 0.4) is 0 Å². The second-order valence-corrected chi connectivity index (χ2v) is 6.32. The zero-order valence-electron chi connectivity index (χ0n) is 10.4. The number of anilines is 1. The van der Waals surface area contributed by atoms with E-state index in [0.717, 1.165) is 15.2 Å². The monoisotopic (exact) mass is 340 g/mol. The Morgan fingerprint density at radius 2 is 2.32 bits per heavy atom. The van der Waals surface area contributed by atoms with Crippen molar-refractivity contribution in [2.24, 2.45) is 0 Å². The molecule has 0 amide bonds. The molecule has 1 aliphatic carbocycles. The molecule has 1 fully saturated rings. The highest BCUT2D eigenvalue weighted by molar-refractivity contribution is 9.10. The van der Waals surface area contributed by atoms with E-state index in [1.807, 2.05) is 6.07 Å². The molecule has 0 aliphatic heterocycles. The normalized spacial score (nSPS) is 14.4. The first-order valence-electron chi connectivity index (χ1n) is 6.02. The summed E-state index contributed by atoms with van der Waals surface area (Å²) in [5.41, 5.74) is 0.940. The zero-order chi connectivity index (χ0) is 13.2. The van der Waals surface area contributed by atoms with E-state index < -0.39 is 0 Å². The van der Waals surface area contributed by atoms with Gasteiger partial charge >= 0.3 is 0 Å². The highest BCUT2D eigenvalue weighted by Crippen LogP contribution is 2.41. The van der Waals surface area contributed by atoms with Crippen molar-refractivity contribution in [2.75, 3.05) is 12.4 Å². The first kappa shape index (κ1) is 12.8. The average Bonchev–Trinajstić information content (AvgIpc) is 3.17. The minimum absolute atomic E-state index is 0.585. The van der Waals surface area contributed by atoms with Crippen LogP contribution in [0.4, 0.5) is 5.69 Å². The lowest BCUT2D eigenvalue weighted by atomic mass is 10.4. The number of nitrogens with one attached hydrogen (secondary N) is 1. The average molecular weight is 341 g/mol. The molecule has 2 aromatic heterocycles. The largest absolute Gasteiger partial charge is 0.481 e. The molecule has 2 aromatic rings. The van der Waals surface area contributed by atoms with E-state index in [1.54, 1.807) is 24.6 Å². The lowest BCUT2D eigenvalue weighted by molar-refractivity contribution is 0.398. The van der Waals surface area contributed by atoms with Crippen LogP contribution in [0.5, 0.6) is 5.88 Å². The standard InChI is InChI=1S/C12H13BrN4OS/c1-18-10-4-9(8(13)5-15-10)14-6-11-16-17-12(19-11)7-2-3-7/h4-5,7H,2-3,6H2,1H3,(H,14,15). The molecule has 0 bridgehead atoms. The van der Waals surface area contributed by atoms with Gasteiger partial charge in [-0.1, -0.05) is 11.3 Å². The van der Waals surface area contributed by atoms with Crippen LogP contribution >= 0.6 is 27.3 Å². The van der Waals surface area contributed by atoms with E-state index in [1.165, 1.54) is 17.8 Å². The molecule has 0 aromatic carbocycles. The number of aromatic nitrogens is 3. The van der Waals surface area contributed by atoms with Crippen LogP contribution in [-0.4, -0.2) is 22.3 Å². The van der Waals surface area contributed by atoms with Gasteiger partial charge in [0.1, 0.15) is 10.0 Å². The summed E-state index contributed by atoms with van der Waals surface area (Å²) in [6, 6.07) is 1.85. The number of pyridine rings is 1. The summed E-state index contributed by atoms with van der Waals surface area (Å²) >= 11 is 5.15. The summed E-state index contributed by atoms with van der Waals surface area (Å²) < 4.78 is 6.01. The number of nitrogens with zero attached hydrogens (tertiary/aromatic N) is 3. The van der Waals surface area contributed by atoms with Gasteiger partial charge in [0.2, 0.25) is 5.88 Å². The number of methoxy groups -OCH3 is 1. The van der Waals surface area contributed by atoms with Gasteiger partial charge in [-0.05, 0) is 28.8 Å². The van der Waals surface area contributed by atoms with Crippen molar-refractivity contribution in [2.45, 2.75) is 25.3 Å². The van der Waals surface area contributed by atoms with Crippen LogP contribution in [0.2, 0.25) is 0 Å². The van der Waals surface area contributed by atoms with Gasteiger partial charge in [0.05, 0.1) is 23.8 Å². The molecule has 0 radical (unpaired) electrons. The van der Waals surface area contributed by atoms with Gasteiger partial charge in [0, 0.05) is 18.2 Å². The Labute approximate surface area is 123 Å². The summed E-state index contributed by atoms with van der Waals surface area (Å²) in [4.78, 5) is 4.11. The van der Waals surface area contributed by atoms with Crippen LogP contribution in [-0.2, 0) is 6.54 Å². The van der Waals surface area contributed by atoms with Crippen molar-refractivity contribution < 1.29 is 4.74 Å². The van der Waals surface area contributed by atoms with Gasteiger partial charge in [-0.3, -0.25) is 0 Å². The number of hydrogen-bond acceptors (Lipinski definition) is 6. The summed E-state index contributed by atoms with van der Waals surface area (Å²) in [6.45, 7) is 0.663. The van der Waals surface area contributed by atoms with Crippen molar-refractivity contribution >= 4 is 33.0 Å². The number of rotatable bonds is 5. The molecular formula is C12H13BrN4OS. The van der Waals surface area contributed by atoms with E-state index in [0.29, 0.717) is 18.3 Å². The van der Waals surface area contributed by atoms with Gasteiger partial charge in [0.15, 0.2) is 0 Å². The third-order valence-corrected chi connectivity index (χ3v) is 4.60. The molecule has 100 valence electrons. The molecule has 0 atom stereocenters. The Hall–Kier alpha value is -1.21. The fraction of sp³-hybridized carbons (Fsp3) is 0.417. The Morgan fingerprint density at radius 1 is 1.47 bits per heavy atom. The summed E-state index contributed by atoms with van der Waals surface area (Å²) in [7, 11) is 1.60. The van der Waals surface area contributed by atoms with Crippen LogP contribution < -0.4 is 10.1 Å². The van der Waals surface area contributed by atoms with Gasteiger partial charge in [-0.15, -0.1) is 10.2 Å². The third-order valence-electron chi connectivity index (χ3n) is 2.88. The van der Waals surface area contributed by atoms with E-state index in [2.05, 4.69) is 36.4 Å². The topological polar surface area (TPSA) is 59.9 Å². The van der Waals surface area contributed by atoms with E-state index in [4.69, 9.17) is 4.74 Å². The first-order valence-corrected chi connectivity index (χ1v) is 7.63. The summed E-state index contributed by atoms with van der Waals surface area (Å²) in [6.07, 6.45) is 4.24. The maximum Gasteiger partial charge on any atom is 0.215 e. The lowest BCUT2D eigenvalue weighted by Gasteiger charge is -2.07. The molecule has 0 spiro atoms. The molecule has 5 nitrogen and oxygen atoms in total. The van der Waals surface area contributed by atoms with E-state index in [9.17, 15) is 0 Å². The summed E-state index contributed by atoms with van der Waals surface area (Å²) in [5, 5.41) is 13.9. The molecule has 1 N–H and O–H groups in total. The second kappa shape index (κ2) is 5.42. The molecule has 1 saturated carbocycles. The minimum Gasteiger partial charge on any atom is -0.481 e. The Kier molecular flexibility index (Phi) is 3.65. The minimum atomic E-state index is 0.585. The molecule has 1 aliphatic rings. The van der Waals surface area contributed by atoms with Gasteiger partial charge in [-0.25, -0.2) is 4.98 Å². The van der Waals surface area contributed by atoms with Crippen molar-refractivity contribution in [3.05, 3.63) is 26.8 Å². The maximum absolute atomic E-state index is 5.11. The SMILES string of the molecule is COc1cc(NCc2nnc(C3CC3)s2)c(Br)cn1.